The van der Waals surface area contributed by atoms with E-state index < -0.39 is 0 Å². The number of nitrogens with two attached hydrogens (primary N) is 1. The van der Waals surface area contributed by atoms with Crippen LogP contribution in [0.1, 0.15) is 26.7 Å². The van der Waals surface area contributed by atoms with Crippen LogP contribution in [0.2, 0.25) is 0 Å². The van der Waals surface area contributed by atoms with E-state index in [0.717, 1.165) is 12.8 Å². The highest BCUT2D eigenvalue weighted by atomic mass is 16.2. The molecule has 1 fully saturated rings. The van der Waals surface area contributed by atoms with Crippen molar-refractivity contribution in [2.75, 3.05) is 0 Å². The summed E-state index contributed by atoms with van der Waals surface area (Å²) in [6.45, 7) is 3.72. The van der Waals surface area contributed by atoms with Gasteiger partial charge in [-0.2, -0.15) is 0 Å². The molecule has 2 atom stereocenters. The third-order valence-electron chi connectivity index (χ3n) is 2.13. The maximum absolute atomic E-state index is 11.2. The van der Waals surface area contributed by atoms with Gasteiger partial charge in [0.05, 0.1) is 0 Å². The summed E-state index contributed by atoms with van der Waals surface area (Å²) in [4.78, 5) is 11.2. The molecular weight excluding hydrogens is 140 g/mol. The second-order valence-electron chi connectivity index (χ2n) is 3.43. The first-order valence-corrected chi connectivity index (χ1v) is 4.17. The van der Waals surface area contributed by atoms with Gasteiger partial charge in [-0.05, 0) is 19.8 Å². The number of rotatable bonds is 3. The molecule has 3 heteroatoms. The predicted molar refractivity (Wildman–Crippen MR) is 44.0 cm³/mol. The van der Waals surface area contributed by atoms with Crippen LogP contribution < -0.4 is 11.1 Å². The van der Waals surface area contributed by atoms with E-state index in [1.165, 1.54) is 0 Å². The molecule has 1 rings (SSSR count). The van der Waals surface area contributed by atoms with E-state index >= 15 is 0 Å². The molecule has 2 unspecified atom stereocenters. The summed E-state index contributed by atoms with van der Waals surface area (Å²) >= 11 is 0. The van der Waals surface area contributed by atoms with E-state index in [9.17, 15) is 4.79 Å². The van der Waals surface area contributed by atoms with Gasteiger partial charge in [0.25, 0.3) is 0 Å². The minimum Gasteiger partial charge on any atom is -0.353 e. The smallest absolute Gasteiger partial charge is 0.224 e. The SMILES string of the molecule is CC(N)C(C)C(=O)NC1CC1. The van der Waals surface area contributed by atoms with Gasteiger partial charge in [0.2, 0.25) is 5.91 Å². The van der Waals surface area contributed by atoms with Crippen molar-refractivity contribution in [2.24, 2.45) is 11.7 Å². The molecule has 1 saturated carbocycles. The van der Waals surface area contributed by atoms with E-state index in [2.05, 4.69) is 5.32 Å². The molecule has 0 heterocycles. The largest absolute Gasteiger partial charge is 0.353 e. The maximum Gasteiger partial charge on any atom is 0.224 e. The molecule has 3 nitrogen and oxygen atoms in total. The van der Waals surface area contributed by atoms with Crippen molar-refractivity contribution in [1.82, 2.24) is 5.32 Å². The Labute approximate surface area is 67.3 Å². The summed E-state index contributed by atoms with van der Waals surface area (Å²) in [7, 11) is 0. The summed E-state index contributed by atoms with van der Waals surface area (Å²) in [5, 5.41) is 2.92. The number of amides is 1. The number of hydrogen-bond acceptors (Lipinski definition) is 2. The fourth-order valence-electron chi connectivity index (χ4n) is 0.799. The lowest BCUT2D eigenvalue weighted by Gasteiger charge is -2.14. The van der Waals surface area contributed by atoms with E-state index in [1.807, 2.05) is 13.8 Å². The number of carbonyl (C=O) groups excluding carboxylic acids is 1. The molecule has 0 spiro atoms. The van der Waals surface area contributed by atoms with Gasteiger partial charge in [-0.25, -0.2) is 0 Å². The lowest BCUT2D eigenvalue weighted by Crippen LogP contribution is -2.39. The quantitative estimate of drug-likeness (QED) is 0.615. The highest BCUT2D eigenvalue weighted by Gasteiger charge is 2.26. The summed E-state index contributed by atoms with van der Waals surface area (Å²) in [5.41, 5.74) is 5.57. The summed E-state index contributed by atoms with van der Waals surface area (Å²) in [5.74, 6) is 0.0399. The predicted octanol–water partition coefficient (Wildman–Crippen LogP) is 0.248. The highest BCUT2D eigenvalue weighted by molar-refractivity contribution is 5.79. The molecule has 0 aromatic rings. The second kappa shape index (κ2) is 3.22. The molecule has 1 aliphatic carbocycles. The van der Waals surface area contributed by atoms with Gasteiger partial charge < -0.3 is 11.1 Å². The van der Waals surface area contributed by atoms with E-state index in [4.69, 9.17) is 5.73 Å². The Kier molecular flexibility index (Phi) is 2.49. The highest BCUT2D eigenvalue weighted by Crippen LogP contribution is 2.19. The van der Waals surface area contributed by atoms with E-state index in [0.29, 0.717) is 6.04 Å². The first-order valence-electron chi connectivity index (χ1n) is 4.17. The summed E-state index contributed by atoms with van der Waals surface area (Å²) in [6.07, 6.45) is 2.27. The van der Waals surface area contributed by atoms with Crippen LogP contribution in [0.4, 0.5) is 0 Å². The topological polar surface area (TPSA) is 55.1 Å². The van der Waals surface area contributed by atoms with Gasteiger partial charge in [0.15, 0.2) is 0 Å². The summed E-state index contributed by atoms with van der Waals surface area (Å²) in [6, 6.07) is 0.400. The van der Waals surface area contributed by atoms with Crippen molar-refractivity contribution < 1.29 is 4.79 Å². The Balaban J connectivity index is 2.26. The average Bonchev–Trinajstić information content (AvgIpc) is 2.69. The van der Waals surface area contributed by atoms with Crippen molar-refractivity contribution >= 4 is 5.91 Å². The molecule has 3 N–H and O–H groups in total. The zero-order valence-corrected chi connectivity index (χ0v) is 7.13. The Morgan fingerprint density at radius 2 is 2.09 bits per heavy atom. The van der Waals surface area contributed by atoms with Crippen LogP contribution in [0.5, 0.6) is 0 Å². The minimum absolute atomic E-state index is 0.0475. The van der Waals surface area contributed by atoms with Gasteiger partial charge in [-0.1, -0.05) is 6.92 Å². The van der Waals surface area contributed by atoms with Crippen LogP contribution in [0.25, 0.3) is 0 Å². The third kappa shape index (κ3) is 2.50. The van der Waals surface area contributed by atoms with E-state index in [-0.39, 0.29) is 17.9 Å². The number of hydrogen-bond donors (Lipinski definition) is 2. The summed E-state index contributed by atoms with van der Waals surface area (Å²) < 4.78 is 0. The van der Waals surface area contributed by atoms with Gasteiger partial charge in [0.1, 0.15) is 0 Å². The molecule has 0 aromatic carbocycles. The van der Waals surface area contributed by atoms with Crippen molar-refractivity contribution in [3.05, 3.63) is 0 Å². The first kappa shape index (κ1) is 8.53. The normalized spacial score (nSPS) is 22.5. The lowest BCUT2D eigenvalue weighted by molar-refractivity contribution is -0.125. The van der Waals surface area contributed by atoms with Crippen molar-refractivity contribution in [3.8, 4) is 0 Å². The molecule has 0 saturated heterocycles. The zero-order chi connectivity index (χ0) is 8.43. The Hall–Kier alpha value is -0.570. The molecule has 1 aliphatic rings. The maximum atomic E-state index is 11.2. The monoisotopic (exact) mass is 156 g/mol. The molecule has 1 amide bonds. The first-order chi connectivity index (χ1) is 5.11. The van der Waals surface area contributed by atoms with Crippen LogP contribution in [-0.2, 0) is 4.79 Å². The van der Waals surface area contributed by atoms with Crippen molar-refractivity contribution in [2.45, 2.75) is 38.8 Å². The fourth-order valence-corrected chi connectivity index (χ4v) is 0.799. The standard InChI is InChI=1S/C8H16N2O/c1-5(6(2)9)8(11)10-7-3-4-7/h5-7H,3-4,9H2,1-2H3,(H,10,11). The van der Waals surface area contributed by atoms with Crippen molar-refractivity contribution in [3.63, 3.8) is 0 Å². The Bertz CT molecular complexity index is 152. The lowest BCUT2D eigenvalue weighted by atomic mass is 10.0. The van der Waals surface area contributed by atoms with Crippen molar-refractivity contribution in [1.29, 1.82) is 0 Å². The number of carbonyl (C=O) groups is 1. The van der Waals surface area contributed by atoms with Crippen LogP contribution in [0.15, 0.2) is 0 Å². The Morgan fingerprint density at radius 1 is 1.55 bits per heavy atom. The fraction of sp³-hybridized carbons (Fsp3) is 0.875. The van der Waals surface area contributed by atoms with Crippen LogP contribution >= 0.6 is 0 Å². The Morgan fingerprint density at radius 3 is 2.45 bits per heavy atom. The van der Waals surface area contributed by atoms with Gasteiger partial charge in [0, 0.05) is 18.0 Å². The van der Waals surface area contributed by atoms with Crippen LogP contribution in [0.3, 0.4) is 0 Å². The molecular formula is C8H16N2O. The second-order valence-corrected chi connectivity index (χ2v) is 3.43. The van der Waals surface area contributed by atoms with E-state index in [1.54, 1.807) is 0 Å². The third-order valence-corrected chi connectivity index (χ3v) is 2.13. The molecule has 0 radical (unpaired) electrons. The average molecular weight is 156 g/mol. The van der Waals surface area contributed by atoms with Gasteiger partial charge in [-0.15, -0.1) is 0 Å². The van der Waals surface area contributed by atoms with Crippen LogP contribution in [0, 0.1) is 5.92 Å². The minimum atomic E-state index is -0.0596. The molecule has 0 aliphatic heterocycles. The molecule has 0 bridgehead atoms. The van der Waals surface area contributed by atoms with Crippen LogP contribution in [-0.4, -0.2) is 18.0 Å². The number of nitrogens with one attached hydrogen (secondary N) is 1. The zero-order valence-electron chi connectivity index (χ0n) is 7.13. The molecule has 11 heavy (non-hydrogen) atoms. The molecule has 64 valence electrons. The van der Waals surface area contributed by atoms with Gasteiger partial charge in [-0.3, -0.25) is 4.79 Å². The molecule has 0 aromatic heterocycles. The van der Waals surface area contributed by atoms with Gasteiger partial charge >= 0.3 is 0 Å².